The Morgan fingerprint density at radius 2 is 1.55 bits per heavy atom. The molecule has 3 heteroatoms. The SMILES string of the molecule is C=C[C@H](C)[C@H](O)CCCCCCCCO[Si](C)(C)C(C)(C)C. The van der Waals surface area contributed by atoms with Crippen molar-refractivity contribution in [2.75, 3.05) is 6.61 Å². The molecule has 0 unspecified atom stereocenters. The second-order valence-electron chi connectivity index (χ2n) is 8.18. The average molecular weight is 329 g/mol. The van der Waals surface area contributed by atoms with E-state index in [0.717, 1.165) is 19.4 Å². The van der Waals surface area contributed by atoms with E-state index in [1.54, 1.807) is 0 Å². The van der Waals surface area contributed by atoms with Crippen LogP contribution in [0.3, 0.4) is 0 Å². The first-order valence-corrected chi connectivity index (χ1v) is 12.0. The predicted octanol–water partition coefficient (Wildman–Crippen LogP) is 5.92. The Bertz CT molecular complexity index is 294. The minimum atomic E-state index is -1.55. The van der Waals surface area contributed by atoms with E-state index in [1.807, 2.05) is 13.0 Å². The van der Waals surface area contributed by atoms with Gasteiger partial charge in [-0.05, 0) is 36.9 Å². The van der Waals surface area contributed by atoms with Crippen molar-refractivity contribution in [2.45, 2.75) is 96.9 Å². The molecule has 0 aliphatic heterocycles. The minimum absolute atomic E-state index is 0.213. The molecule has 0 aromatic carbocycles. The number of rotatable bonds is 12. The fraction of sp³-hybridized carbons (Fsp3) is 0.895. The lowest BCUT2D eigenvalue weighted by Crippen LogP contribution is -2.40. The average Bonchev–Trinajstić information content (AvgIpc) is 2.42. The minimum Gasteiger partial charge on any atom is -0.417 e. The molecular formula is C19H40O2Si. The first kappa shape index (κ1) is 21.9. The summed E-state index contributed by atoms with van der Waals surface area (Å²) in [6.45, 7) is 18.2. The summed E-state index contributed by atoms with van der Waals surface area (Å²) in [7, 11) is -1.55. The van der Waals surface area contributed by atoms with Crippen molar-refractivity contribution in [3.05, 3.63) is 12.7 Å². The van der Waals surface area contributed by atoms with Gasteiger partial charge in [-0.15, -0.1) is 6.58 Å². The Morgan fingerprint density at radius 3 is 2.05 bits per heavy atom. The van der Waals surface area contributed by atoms with E-state index in [0.29, 0.717) is 5.04 Å². The molecule has 0 aliphatic carbocycles. The zero-order valence-corrected chi connectivity index (χ0v) is 17.0. The van der Waals surface area contributed by atoms with Crippen LogP contribution in [0.15, 0.2) is 12.7 Å². The van der Waals surface area contributed by atoms with E-state index in [2.05, 4.69) is 40.4 Å². The lowest BCUT2D eigenvalue weighted by atomic mass is 9.99. The van der Waals surface area contributed by atoms with Crippen molar-refractivity contribution < 1.29 is 9.53 Å². The summed E-state index contributed by atoms with van der Waals surface area (Å²) in [4.78, 5) is 0. The molecule has 0 radical (unpaired) electrons. The lowest BCUT2D eigenvalue weighted by Gasteiger charge is -2.36. The van der Waals surface area contributed by atoms with Gasteiger partial charge in [0.1, 0.15) is 0 Å². The second kappa shape index (κ2) is 10.6. The van der Waals surface area contributed by atoms with Crippen molar-refractivity contribution in [2.24, 2.45) is 5.92 Å². The van der Waals surface area contributed by atoms with Crippen LogP contribution in [0.1, 0.15) is 72.6 Å². The molecule has 0 aromatic rings. The maximum Gasteiger partial charge on any atom is 0.191 e. The molecule has 0 aliphatic rings. The van der Waals surface area contributed by atoms with E-state index >= 15 is 0 Å². The molecule has 22 heavy (non-hydrogen) atoms. The number of hydrogen-bond donors (Lipinski definition) is 1. The highest BCUT2D eigenvalue weighted by atomic mass is 28.4. The van der Waals surface area contributed by atoms with E-state index in [4.69, 9.17) is 4.43 Å². The topological polar surface area (TPSA) is 29.5 Å². The summed E-state index contributed by atoms with van der Waals surface area (Å²) in [5.41, 5.74) is 0. The predicted molar refractivity (Wildman–Crippen MR) is 101 cm³/mol. The van der Waals surface area contributed by atoms with Crippen LogP contribution >= 0.6 is 0 Å². The van der Waals surface area contributed by atoms with Crippen molar-refractivity contribution >= 4 is 8.32 Å². The van der Waals surface area contributed by atoms with Crippen molar-refractivity contribution in [1.29, 1.82) is 0 Å². The normalized spacial score (nSPS) is 15.6. The summed E-state index contributed by atoms with van der Waals surface area (Å²) in [6, 6.07) is 0. The summed E-state index contributed by atoms with van der Waals surface area (Å²) in [5.74, 6) is 0.215. The van der Waals surface area contributed by atoms with Crippen LogP contribution in [0, 0.1) is 5.92 Å². The first-order chi connectivity index (χ1) is 10.1. The Labute approximate surface area is 140 Å². The molecule has 2 atom stereocenters. The summed E-state index contributed by atoms with van der Waals surface area (Å²) < 4.78 is 6.19. The number of aliphatic hydroxyl groups excluding tert-OH is 1. The van der Waals surface area contributed by atoms with Crippen molar-refractivity contribution in [1.82, 2.24) is 0 Å². The van der Waals surface area contributed by atoms with Crippen LogP contribution in [0.5, 0.6) is 0 Å². The molecule has 0 saturated carbocycles. The van der Waals surface area contributed by atoms with E-state index in [1.165, 1.54) is 32.1 Å². The monoisotopic (exact) mass is 328 g/mol. The third-order valence-electron chi connectivity index (χ3n) is 5.14. The third-order valence-corrected chi connectivity index (χ3v) is 9.68. The lowest BCUT2D eigenvalue weighted by molar-refractivity contribution is 0.125. The van der Waals surface area contributed by atoms with E-state index in [9.17, 15) is 5.11 Å². The zero-order chi connectivity index (χ0) is 17.2. The van der Waals surface area contributed by atoms with Gasteiger partial charge in [0.2, 0.25) is 0 Å². The molecule has 0 spiro atoms. The number of unbranched alkanes of at least 4 members (excludes halogenated alkanes) is 5. The van der Waals surface area contributed by atoms with Crippen LogP contribution < -0.4 is 0 Å². The fourth-order valence-electron chi connectivity index (χ4n) is 2.13. The van der Waals surface area contributed by atoms with Gasteiger partial charge in [0.15, 0.2) is 8.32 Å². The van der Waals surface area contributed by atoms with Crippen LogP contribution in [0.2, 0.25) is 18.1 Å². The molecular weight excluding hydrogens is 288 g/mol. The highest BCUT2D eigenvalue weighted by Gasteiger charge is 2.36. The molecule has 132 valence electrons. The highest BCUT2D eigenvalue weighted by molar-refractivity contribution is 6.74. The van der Waals surface area contributed by atoms with Gasteiger partial charge in [-0.3, -0.25) is 0 Å². The molecule has 0 aromatic heterocycles. The summed E-state index contributed by atoms with van der Waals surface area (Å²) in [6.07, 6.45) is 9.89. The van der Waals surface area contributed by atoms with Gasteiger partial charge in [-0.25, -0.2) is 0 Å². The first-order valence-electron chi connectivity index (χ1n) is 9.06. The van der Waals surface area contributed by atoms with Gasteiger partial charge in [-0.1, -0.05) is 65.9 Å². The van der Waals surface area contributed by atoms with Crippen molar-refractivity contribution in [3.8, 4) is 0 Å². The largest absolute Gasteiger partial charge is 0.417 e. The molecule has 0 rings (SSSR count). The summed E-state index contributed by atoms with van der Waals surface area (Å²) >= 11 is 0. The molecule has 2 nitrogen and oxygen atoms in total. The van der Waals surface area contributed by atoms with E-state index < -0.39 is 8.32 Å². The molecule has 0 saturated heterocycles. The standard InChI is InChI=1S/C19H40O2Si/c1-8-17(2)18(20)15-13-11-9-10-12-14-16-21-22(6,7)19(3,4)5/h8,17-18,20H,1,9-16H2,2-7H3/t17-,18+/m0/s1. The zero-order valence-electron chi connectivity index (χ0n) is 16.0. The van der Waals surface area contributed by atoms with Gasteiger partial charge in [0.05, 0.1) is 6.10 Å². The maximum absolute atomic E-state index is 9.85. The Hall–Kier alpha value is -0.123. The van der Waals surface area contributed by atoms with Crippen molar-refractivity contribution in [3.63, 3.8) is 0 Å². The Kier molecular flexibility index (Phi) is 10.6. The van der Waals surface area contributed by atoms with Gasteiger partial charge in [0.25, 0.3) is 0 Å². The van der Waals surface area contributed by atoms with E-state index in [-0.39, 0.29) is 12.0 Å². The second-order valence-corrected chi connectivity index (χ2v) is 13.0. The Balaban J connectivity index is 3.50. The van der Waals surface area contributed by atoms with Gasteiger partial charge >= 0.3 is 0 Å². The molecule has 0 bridgehead atoms. The van der Waals surface area contributed by atoms with Crippen LogP contribution in [0.25, 0.3) is 0 Å². The number of aliphatic hydroxyl groups is 1. The number of hydrogen-bond acceptors (Lipinski definition) is 2. The van der Waals surface area contributed by atoms with Gasteiger partial charge < -0.3 is 9.53 Å². The Morgan fingerprint density at radius 1 is 1.05 bits per heavy atom. The maximum atomic E-state index is 9.85. The molecule has 1 N–H and O–H groups in total. The third kappa shape index (κ3) is 9.11. The highest BCUT2D eigenvalue weighted by Crippen LogP contribution is 2.36. The molecule has 0 heterocycles. The van der Waals surface area contributed by atoms with Crippen LogP contribution in [-0.4, -0.2) is 26.1 Å². The molecule has 0 amide bonds. The quantitative estimate of drug-likeness (QED) is 0.274. The summed E-state index contributed by atoms with van der Waals surface area (Å²) in [5, 5.41) is 10.2. The fourth-order valence-corrected chi connectivity index (χ4v) is 3.21. The van der Waals surface area contributed by atoms with Crippen LogP contribution in [0.4, 0.5) is 0 Å². The van der Waals surface area contributed by atoms with Gasteiger partial charge in [-0.2, -0.15) is 0 Å². The van der Waals surface area contributed by atoms with Gasteiger partial charge in [0, 0.05) is 6.61 Å². The molecule has 0 fully saturated rings. The smallest absolute Gasteiger partial charge is 0.191 e. The van der Waals surface area contributed by atoms with Crippen LogP contribution in [-0.2, 0) is 4.43 Å².